The number of hydrogen-bond donors (Lipinski definition) is 1. The summed E-state index contributed by atoms with van der Waals surface area (Å²) in [6.07, 6.45) is 8.39. The summed E-state index contributed by atoms with van der Waals surface area (Å²) in [4.78, 5) is 22.0. The summed E-state index contributed by atoms with van der Waals surface area (Å²) in [7, 11) is 0. The molecule has 1 atom stereocenters. The first-order valence-corrected chi connectivity index (χ1v) is 7.40. The maximum atomic E-state index is 12.1. The zero-order valence-electron chi connectivity index (χ0n) is 13.3. The molecule has 1 aliphatic rings. The molecule has 1 amide bonds. The minimum atomic E-state index is -0.480. The van der Waals surface area contributed by atoms with E-state index >= 15 is 0 Å². The molecule has 1 fully saturated rings. The van der Waals surface area contributed by atoms with E-state index in [1.165, 1.54) is 6.33 Å². The molecule has 6 nitrogen and oxygen atoms in total. The fourth-order valence-corrected chi connectivity index (χ4v) is 2.31. The molecule has 1 aromatic heterocycles. The monoisotopic (exact) mass is 302 g/mol. The Morgan fingerprint density at radius 3 is 2.95 bits per heavy atom. The quantitative estimate of drug-likeness (QED) is 0.849. The molecule has 1 saturated heterocycles. The van der Waals surface area contributed by atoms with Crippen LogP contribution >= 0.6 is 0 Å². The van der Waals surface area contributed by atoms with E-state index in [9.17, 15) is 4.79 Å². The van der Waals surface area contributed by atoms with Crippen LogP contribution in [0, 0.1) is 12.3 Å². The molecule has 6 heteroatoms. The van der Waals surface area contributed by atoms with Gasteiger partial charge in [-0.2, -0.15) is 0 Å². The normalized spacial score (nSPS) is 18.5. The fraction of sp³-hybridized carbons (Fsp3) is 0.562. The maximum Gasteiger partial charge on any atom is 0.410 e. The topological polar surface area (TPSA) is 67.4 Å². The first-order valence-electron chi connectivity index (χ1n) is 7.40. The molecule has 1 N–H and O–H groups in total. The molecule has 0 spiro atoms. The Hall–Kier alpha value is -2.29. The molecule has 22 heavy (non-hydrogen) atoms. The molecule has 2 heterocycles. The molecular weight excluding hydrogens is 280 g/mol. The van der Waals surface area contributed by atoms with Crippen LogP contribution in [0.1, 0.15) is 39.3 Å². The third kappa shape index (κ3) is 4.62. The third-order valence-corrected chi connectivity index (χ3v) is 3.24. The van der Waals surface area contributed by atoms with E-state index in [1.54, 1.807) is 11.0 Å². The van der Waals surface area contributed by atoms with E-state index in [0.717, 1.165) is 12.8 Å². The number of nitrogens with one attached hydrogen (secondary N) is 1. The van der Waals surface area contributed by atoms with Crippen molar-refractivity contribution in [1.29, 1.82) is 0 Å². The van der Waals surface area contributed by atoms with Crippen LogP contribution in [0.25, 0.3) is 0 Å². The van der Waals surface area contributed by atoms with Gasteiger partial charge in [-0.25, -0.2) is 14.8 Å². The van der Waals surface area contributed by atoms with E-state index in [2.05, 4.69) is 21.2 Å². The number of terminal acetylenes is 1. The van der Waals surface area contributed by atoms with Crippen molar-refractivity contribution in [2.45, 2.75) is 45.3 Å². The van der Waals surface area contributed by atoms with Crippen molar-refractivity contribution in [2.24, 2.45) is 0 Å². The molecule has 0 radical (unpaired) electrons. The lowest BCUT2D eigenvalue weighted by molar-refractivity contribution is 0.0206. The summed E-state index contributed by atoms with van der Waals surface area (Å²) in [5.74, 6) is 3.16. The highest BCUT2D eigenvalue weighted by Gasteiger charge is 2.27. The summed E-state index contributed by atoms with van der Waals surface area (Å²) in [6.45, 7) is 6.91. The molecule has 1 aromatic rings. The highest BCUT2D eigenvalue weighted by atomic mass is 16.6. The highest BCUT2D eigenvalue weighted by molar-refractivity contribution is 5.68. The SMILES string of the molecule is C#Cc1cc(NC2CCCN(C(=O)OC(C)(C)C)C2)ncn1. The van der Waals surface area contributed by atoms with Crippen molar-refractivity contribution in [3.05, 3.63) is 18.1 Å². The van der Waals surface area contributed by atoms with Gasteiger partial charge in [-0.15, -0.1) is 6.42 Å². The number of carbonyl (C=O) groups is 1. The van der Waals surface area contributed by atoms with Crippen molar-refractivity contribution < 1.29 is 9.53 Å². The van der Waals surface area contributed by atoms with Crippen LogP contribution in [0.3, 0.4) is 0 Å². The number of piperidine rings is 1. The van der Waals surface area contributed by atoms with E-state index in [-0.39, 0.29) is 12.1 Å². The first-order chi connectivity index (χ1) is 10.4. The van der Waals surface area contributed by atoms with Gasteiger partial charge in [0.15, 0.2) is 0 Å². The molecular formula is C16H22N4O2. The van der Waals surface area contributed by atoms with Gasteiger partial charge in [0.25, 0.3) is 0 Å². The van der Waals surface area contributed by atoms with Crippen LogP contribution < -0.4 is 5.32 Å². The standard InChI is InChI=1S/C16H22N4O2/c1-5-12-9-14(18-11-17-12)19-13-7-6-8-20(10-13)15(21)22-16(2,3)4/h1,9,11,13H,6-8,10H2,2-4H3,(H,17,18,19). The number of amides is 1. The summed E-state index contributed by atoms with van der Waals surface area (Å²) in [5.41, 5.74) is 0.0588. The van der Waals surface area contributed by atoms with Gasteiger partial charge in [0.05, 0.1) is 0 Å². The second kappa shape index (κ2) is 6.65. The lowest BCUT2D eigenvalue weighted by Crippen LogP contribution is -2.47. The van der Waals surface area contributed by atoms with E-state index in [4.69, 9.17) is 11.2 Å². The zero-order valence-corrected chi connectivity index (χ0v) is 13.3. The van der Waals surface area contributed by atoms with Crippen molar-refractivity contribution in [1.82, 2.24) is 14.9 Å². The minimum absolute atomic E-state index is 0.127. The van der Waals surface area contributed by atoms with Crippen LogP contribution in [-0.4, -0.2) is 45.7 Å². The van der Waals surface area contributed by atoms with Gasteiger partial charge < -0.3 is 15.0 Å². The summed E-state index contributed by atoms with van der Waals surface area (Å²) < 4.78 is 5.42. The van der Waals surface area contributed by atoms with E-state index in [1.807, 2.05) is 20.8 Å². The van der Waals surface area contributed by atoms with Crippen LogP contribution in [0.2, 0.25) is 0 Å². The molecule has 0 saturated carbocycles. The van der Waals surface area contributed by atoms with E-state index < -0.39 is 5.60 Å². The molecule has 0 bridgehead atoms. The number of ether oxygens (including phenoxy) is 1. The number of rotatable bonds is 2. The number of hydrogen-bond acceptors (Lipinski definition) is 5. The number of anilines is 1. The van der Waals surface area contributed by atoms with Gasteiger partial charge in [0.1, 0.15) is 23.4 Å². The second-order valence-electron chi connectivity index (χ2n) is 6.34. The smallest absolute Gasteiger partial charge is 0.410 e. The lowest BCUT2D eigenvalue weighted by Gasteiger charge is -2.34. The van der Waals surface area contributed by atoms with Crippen molar-refractivity contribution in [2.75, 3.05) is 18.4 Å². The number of carbonyl (C=O) groups excluding carboxylic acids is 1. The Morgan fingerprint density at radius 1 is 1.50 bits per heavy atom. The lowest BCUT2D eigenvalue weighted by atomic mass is 10.1. The maximum absolute atomic E-state index is 12.1. The Morgan fingerprint density at radius 2 is 2.27 bits per heavy atom. The average Bonchev–Trinajstić information content (AvgIpc) is 2.46. The summed E-state index contributed by atoms with van der Waals surface area (Å²) >= 11 is 0. The van der Waals surface area contributed by atoms with Gasteiger partial charge in [-0.05, 0) is 33.6 Å². The van der Waals surface area contributed by atoms with Crippen LogP contribution in [-0.2, 0) is 4.74 Å². The highest BCUT2D eigenvalue weighted by Crippen LogP contribution is 2.18. The minimum Gasteiger partial charge on any atom is -0.444 e. The van der Waals surface area contributed by atoms with Crippen molar-refractivity contribution in [3.63, 3.8) is 0 Å². The molecule has 1 unspecified atom stereocenters. The zero-order chi connectivity index (χ0) is 16.2. The predicted octanol–water partition coefficient (Wildman–Crippen LogP) is 2.27. The number of likely N-dealkylation sites (tertiary alicyclic amines) is 1. The largest absolute Gasteiger partial charge is 0.444 e. The Balaban J connectivity index is 1.96. The molecule has 1 aliphatic heterocycles. The number of aromatic nitrogens is 2. The van der Waals surface area contributed by atoms with Crippen LogP contribution in [0.5, 0.6) is 0 Å². The predicted molar refractivity (Wildman–Crippen MR) is 84.4 cm³/mol. The summed E-state index contributed by atoms with van der Waals surface area (Å²) in [5, 5.41) is 3.31. The van der Waals surface area contributed by atoms with Gasteiger partial charge >= 0.3 is 6.09 Å². The molecule has 0 aliphatic carbocycles. The molecule has 0 aromatic carbocycles. The van der Waals surface area contributed by atoms with Gasteiger partial charge in [-0.1, -0.05) is 5.92 Å². The summed E-state index contributed by atoms with van der Waals surface area (Å²) in [6, 6.07) is 1.86. The van der Waals surface area contributed by atoms with Crippen molar-refractivity contribution >= 4 is 11.9 Å². The Labute approximate surface area is 131 Å². The van der Waals surface area contributed by atoms with Gasteiger partial charge in [0, 0.05) is 25.2 Å². The van der Waals surface area contributed by atoms with Crippen LogP contribution in [0.4, 0.5) is 10.6 Å². The molecule has 2 rings (SSSR count). The van der Waals surface area contributed by atoms with Crippen LogP contribution in [0.15, 0.2) is 12.4 Å². The van der Waals surface area contributed by atoms with Crippen molar-refractivity contribution in [3.8, 4) is 12.3 Å². The second-order valence-corrected chi connectivity index (χ2v) is 6.34. The Kier molecular flexibility index (Phi) is 4.86. The molecule has 118 valence electrons. The number of nitrogens with zero attached hydrogens (tertiary/aromatic N) is 3. The van der Waals surface area contributed by atoms with Gasteiger partial charge in [0.2, 0.25) is 0 Å². The van der Waals surface area contributed by atoms with Gasteiger partial charge in [-0.3, -0.25) is 0 Å². The third-order valence-electron chi connectivity index (χ3n) is 3.24. The Bertz CT molecular complexity index is 574. The fourth-order valence-electron chi connectivity index (χ4n) is 2.31. The average molecular weight is 302 g/mol. The first kappa shape index (κ1) is 16.1. The van der Waals surface area contributed by atoms with E-state index in [0.29, 0.717) is 24.6 Å².